The van der Waals surface area contributed by atoms with E-state index in [9.17, 15) is 14.4 Å². The molecule has 0 saturated carbocycles. The van der Waals surface area contributed by atoms with Crippen LogP contribution in [0.3, 0.4) is 0 Å². The van der Waals surface area contributed by atoms with Crippen LogP contribution in [0.4, 0.5) is 5.82 Å². The van der Waals surface area contributed by atoms with E-state index < -0.39 is 17.2 Å². The summed E-state index contributed by atoms with van der Waals surface area (Å²) >= 11 is 0. The number of nitrogens with one attached hydrogen (secondary N) is 2. The molecule has 1 aromatic carbocycles. The Labute approximate surface area is 191 Å². The molecule has 2 heterocycles. The van der Waals surface area contributed by atoms with Crippen LogP contribution in [0.2, 0.25) is 0 Å². The predicted octanol–water partition coefficient (Wildman–Crippen LogP) is 2.40. The molecular weight excluding hydrogens is 426 g/mol. The molecule has 1 atom stereocenters. The zero-order chi connectivity index (χ0) is 23.9. The van der Waals surface area contributed by atoms with Gasteiger partial charge in [-0.1, -0.05) is 13.8 Å². The predicted molar refractivity (Wildman–Crippen MR) is 123 cm³/mol. The van der Waals surface area contributed by atoms with Gasteiger partial charge >= 0.3 is 5.69 Å². The fourth-order valence-electron chi connectivity index (χ4n) is 4.78. The van der Waals surface area contributed by atoms with E-state index in [0.717, 1.165) is 5.70 Å². The zero-order valence-corrected chi connectivity index (χ0v) is 19.5. The molecule has 0 fully saturated rings. The van der Waals surface area contributed by atoms with Crippen LogP contribution in [-0.4, -0.2) is 43.3 Å². The Hall–Kier alpha value is -3.33. The minimum atomic E-state index is -0.679. The lowest BCUT2D eigenvalue weighted by Gasteiger charge is -2.39. The topological polar surface area (TPSA) is 112 Å². The van der Waals surface area contributed by atoms with E-state index in [-0.39, 0.29) is 24.3 Å². The average Bonchev–Trinajstić information content (AvgIpc) is 2.76. The van der Waals surface area contributed by atoms with Gasteiger partial charge in [-0.3, -0.25) is 19.1 Å². The van der Waals surface area contributed by atoms with Gasteiger partial charge in [0.15, 0.2) is 5.78 Å². The van der Waals surface area contributed by atoms with Crippen molar-refractivity contribution in [3.05, 3.63) is 61.4 Å². The van der Waals surface area contributed by atoms with Crippen LogP contribution in [0.15, 0.2) is 39.1 Å². The van der Waals surface area contributed by atoms with Gasteiger partial charge in [0.2, 0.25) is 0 Å². The molecule has 0 radical (unpaired) electrons. The molecule has 33 heavy (non-hydrogen) atoms. The molecule has 0 spiro atoms. The third-order valence-electron chi connectivity index (χ3n) is 6.23. The summed E-state index contributed by atoms with van der Waals surface area (Å²) in [6.45, 7) is 4.60. The van der Waals surface area contributed by atoms with Crippen LogP contribution in [-0.2, 0) is 16.1 Å². The quantitative estimate of drug-likeness (QED) is 0.688. The molecule has 2 aromatic rings. The Kier molecular flexibility index (Phi) is 5.92. The normalized spacial score (nSPS) is 18.9. The number of benzene rings is 1. The minimum absolute atomic E-state index is 0.0276. The fraction of sp³-hybridized carbons (Fsp3) is 0.458. The van der Waals surface area contributed by atoms with Gasteiger partial charge in [-0.25, -0.2) is 4.79 Å². The van der Waals surface area contributed by atoms with Crippen molar-refractivity contribution >= 4 is 11.6 Å². The number of Topliss-reactive ketones (excluding diaryl/α,β-unsaturated/α-hetero) is 1. The van der Waals surface area contributed by atoms with Gasteiger partial charge in [0.1, 0.15) is 17.3 Å². The molecule has 2 N–H and O–H groups in total. The number of fused-ring (bicyclic) bond motifs is 1. The fourth-order valence-corrected chi connectivity index (χ4v) is 4.78. The summed E-state index contributed by atoms with van der Waals surface area (Å²) in [4.78, 5) is 41.7. The van der Waals surface area contributed by atoms with E-state index in [2.05, 4.69) is 10.3 Å². The van der Waals surface area contributed by atoms with Gasteiger partial charge in [-0.2, -0.15) is 0 Å². The Balaban J connectivity index is 2.04. The number of ether oxygens (including phenoxy) is 3. The second-order valence-electron chi connectivity index (χ2n) is 9.20. The average molecular weight is 456 g/mol. The number of aromatic amines is 1. The smallest absolute Gasteiger partial charge is 0.330 e. The number of nitrogens with zero attached hydrogens (tertiary/aromatic N) is 1. The molecule has 9 nitrogen and oxygen atoms in total. The summed E-state index contributed by atoms with van der Waals surface area (Å²) in [5, 5.41) is 3.28. The Morgan fingerprint density at radius 1 is 1.03 bits per heavy atom. The molecule has 0 bridgehead atoms. The van der Waals surface area contributed by atoms with Gasteiger partial charge in [0, 0.05) is 36.8 Å². The SMILES string of the molecule is COCCn1c2c(c(=O)[nH]c1=O)[C@@H](c1cc(OC)cc(OC)c1)C1=C(CC(C)(C)CC1=O)N2. The van der Waals surface area contributed by atoms with Gasteiger partial charge in [-0.15, -0.1) is 0 Å². The number of anilines is 1. The van der Waals surface area contributed by atoms with Gasteiger partial charge in [0.25, 0.3) is 5.56 Å². The Morgan fingerprint density at radius 3 is 2.30 bits per heavy atom. The number of methoxy groups -OCH3 is 3. The number of allylic oxidation sites excluding steroid dienone is 2. The number of carbonyl (C=O) groups excluding carboxylic acids is 1. The Bertz CT molecular complexity index is 1230. The van der Waals surface area contributed by atoms with Crippen molar-refractivity contribution in [1.82, 2.24) is 9.55 Å². The van der Waals surface area contributed by atoms with Crippen LogP contribution >= 0.6 is 0 Å². The van der Waals surface area contributed by atoms with Crippen molar-refractivity contribution in [3.63, 3.8) is 0 Å². The highest BCUT2D eigenvalue weighted by Crippen LogP contribution is 2.48. The molecular formula is C24H29N3O6. The highest BCUT2D eigenvalue weighted by Gasteiger charge is 2.43. The molecule has 1 aliphatic heterocycles. The molecule has 0 saturated heterocycles. The maximum absolute atomic E-state index is 13.4. The summed E-state index contributed by atoms with van der Waals surface area (Å²) in [5.41, 5.74) is 0.939. The van der Waals surface area contributed by atoms with Crippen molar-refractivity contribution in [2.45, 2.75) is 39.2 Å². The number of hydrogen-bond donors (Lipinski definition) is 2. The highest BCUT2D eigenvalue weighted by molar-refractivity contribution is 6.01. The van der Waals surface area contributed by atoms with Crippen LogP contribution in [0.1, 0.15) is 43.7 Å². The first-order chi connectivity index (χ1) is 15.7. The van der Waals surface area contributed by atoms with Crippen molar-refractivity contribution in [2.24, 2.45) is 5.41 Å². The van der Waals surface area contributed by atoms with Gasteiger partial charge in [0.05, 0.1) is 32.9 Å². The third-order valence-corrected chi connectivity index (χ3v) is 6.23. The molecule has 2 aliphatic rings. The molecule has 0 unspecified atom stereocenters. The molecule has 1 aromatic heterocycles. The van der Waals surface area contributed by atoms with E-state index >= 15 is 0 Å². The monoisotopic (exact) mass is 455 g/mol. The van der Waals surface area contributed by atoms with E-state index in [1.165, 1.54) is 4.57 Å². The number of H-pyrrole nitrogens is 1. The van der Waals surface area contributed by atoms with E-state index in [4.69, 9.17) is 14.2 Å². The summed E-state index contributed by atoms with van der Waals surface area (Å²) in [6, 6.07) is 5.32. The first-order valence-corrected chi connectivity index (χ1v) is 10.8. The highest BCUT2D eigenvalue weighted by atomic mass is 16.5. The number of ketones is 1. The first-order valence-electron chi connectivity index (χ1n) is 10.8. The van der Waals surface area contributed by atoms with Crippen molar-refractivity contribution in [3.8, 4) is 11.5 Å². The van der Waals surface area contributed by atoms with E-state index in [1.807, 2.05) is 13.8 Å². The van der Waals surface area contributed by atoms with Crippen molar-refractivity contribution < 1.29 is 19.0 Å². The second-order valence-corrected chi connectivity index (χ2v) is 9.20. The van der Waals surface area contributed by atoms with Gasteiger partial charge in [-0.05, 0) is 29.5 Å². The number of carbonyl (C=O) groups is 1. The minimum Gasteiger partial charge on any atom is -0.497 e. The molecule has 0 amide bonds. The second kappa shape index (κ2) is 8.55. The number of hydrogen-bond acceptors (Lipinski definition) is 7. The summed E-state index contributed by atoms with van der Waals surface area (Å²) in [5.74, 6) is 0.762. The summed E-state index contributed by atoms with van der Waals surface area (Å²) in [7, 11) is 4.64. The zero-order valence-electron chi connectivity index (χ0n) is 19.5. The van der Waals surface area contributed by atoms with Crippen molar-refractivity contribution in [2.75, 3.05) is 33.3 Å². The molecule has 176 valence electrons. The van der Waals surface area contributed by atoms with Crippen LogP contribution in [0, 0.1) is 5.41 Å². The first kappa shape index (κ1) is 22.8. The van der Waals surface area contributed by atoms with Crippen molar-refractivity contribution in [1.29, 1.82) is 0 Å². The van der Waals surface area contributed by atoms with E-state index in [0.29, 0.717) is 46.9 Å². The lowest BCUT2D eigenvalue weighted by molar-refractivity contribution is -0.118. The third kappa shape index (κ3) is 4.08. The maximum atomic E-state index is 13.4. The molecule has 4 rings (SSSR count). The van der Waals surface area contributed by atoms with Crippen LogP contribution in [0.5, 0.6) is 11.5 Å². The van der Waals surface area contributed by atoms with Crippen LogP contribution < -0.4 is 26.0 Å². The van der Waals surface area contributed by atoms with Gasteiger partial charge < -0.3 is 19.5 Å². The standard InChI is InChI=1S/C24H29N3O6/c1-24(2)11-16-19(17(28)12-24)18(13-8-14(32-4)10-15(9-13)33-5)20-21(25-16)27(6-7-31-3)23(30)26-22(20)29/h8-10,18,25H,6-7,11-12H2,1-5H3,(H,26,29,30)/t18-/m0/s1. The van der Waals surface area contributed by atoms with Crippen LogP contribution in [0.25, 0.3) is 0 Å². The summed E-state index contributed by atoms with van der Waals surface area (Å²) in [6.07, 6.45) is 0.970. The lowest BCUT2D eigenvalue weighted by Crippen LogP contribution is -2.42. The number of rotatable bonds is 6. The molecule has 1 aliphatic carbocycles. The number of aromatic nitrogens is 2. The van der Waals surface area contributed by atoms with E-state index in [1.54, 1.807) is 39.5 Å². The lowest BCUT2D eigenvalue weighted by atomic mass is 9.69. The Morgan fingerprint density at radius 2 is 1.70 bits per heavy atom. The largest absolute Gasteiger partial charge is 0.497 e. The molecule has 9 heteroatoms. The maximum Gasteiger partial charge on any atom is 0.330 e. The summed E-state index contributed by atoms with van der Waals surface area (Å²) < 4.78 is 17.5.